The van der Waals surface area contributed by atoms with Crippen molar-refractivity contribution < 1.29 is 8.78 Å². The molecule has 0 aliphatic heterocycles. The minimum atomic E-state index is -1.93. The summed E-state index contributed by atoms with van der Waals surface area (Å²) >= 11 is 0. The zero-order valence-corrected chi connectivity index (χ0v) is 11.3. The summed E-state index contributed by atoms with van der Waals surface area (Å²) in [5, 5.41) is 11.5. The molecule has 0 heterocycles. The Morgan fingerprint density at radius 2 is 1.50 bits per heavy atom. The van der Waals surface area contributed by atoms with E-state index in [1.165, 1.54) is 20.8 Å². The van der Waals surface area contributed by atoms with Crippen molar-refractivity contribution >= 4 is 12.4 Å². The number of alkyl halides is 2. The van der Waals surface area contributed by atoms with E-state index >= 15 is 0 Å². The Labute approximate surface area is 103 Å². The van der Waals surface area contributed by atoms with E-state index < -0.39 is 16.8 Å². The van der Waals surface area contributed by atoms with Gasteiger partial charge in [0.25, 0.3) is 0 Å². The minimum absolute atomic E-state index is 0. The van der Waals surface area contributed by atoms with Crippen molar-refractivity contribution in [2.45, 2.75) is 46.0 Å². The summed E-state index contributed by atoms with van der Waals surface area (Å²) in [6, 6.07) is 2.09. The molecule has 0 fully saturated rings. The number of nitrogens with one attached hydrogen (secondary N) is 1. The number of halogens is 3. The third-order valence-corrected chi connectivity index (χ3v) is 2.57. The molecule has 5 heteroatoms. The fourth-order valence-electron chi connectivity index (χ4n) is 0.859. The fraction of sp³-hybridized carbons (Fsp3) is 0.909. The molecule has 1 N–H and O–H groups in total. The van der Waals surface area contributed by atoms with Crippen LogP contribution < -0.4 is 5.32 Å². The van der Waals surface area contributed by atoms with Crippen molar-refractivity contribution in [3.63, 3.8) is 0 Å². The Hall–Kier alpha value is -0.400. The number of rotatable bonds is 5. The number of nitriles is 1. The molecule has 0 rings (SSSR count). The summed E-state index contributed by atoms with van der Waals surface area (Å²) < 4.78 is 27.1. The van der Waals surface area contributed by atoms with Crippen molar-refractivity contribution in [2.75, 3.05) is 13.1 Å². The van der Waals surface area contributed by atoms with Gasteiger partial charge in [0.1, 0.15) is 5.67 Å². The molecule has 0 saturated carbocycles. The number of hydrogen-bond donors (Lipinski definition) is 1. The Kier molecular flexibility index (Phi) is 6.50. The molecule has 0 amide bonds. The van der Waals surface area contributed by atoms with Gasteiger partial charge in [-0.2, -0.15) is 5.26 Å². The Bertz CT molecular complexity index is 252. The van der Waals surface area contributed by atoms with Crippen molar-refractivity contribution in [3.8, 4) is 6.07 Å². The van der Waals surface area contributed by atoms with Gasteiger partial charge in [0.2, 0.25) is 0 Å². The van der Waals surface area contributed by atoms with E-state index in [4.69, 9.17) is 5.26 Å². The van der Waals surface area contributed by atoms with Gasteiger partial charge in [0.05, 0.1) is 11.5 Å². The van der Waals surface area contributed by atoms with E-state index in [9.17, 15) is 8.78 Å². The van der Waals surface area contributed by atoms with E-state index in [0.717, 1.165) is 0 Å². The highest BCUT2D eigenvalue weighted by atomic mass is 35.5. The van der Waals surface area contributed by atoms with Gasteiger partial charge in [-0.3, -0.25) is 0 Å². The van der Waals surface area contributed by atoms with Crippen molar-refractivity contribution in [1.82, 2.24) is 5.32 Å². The molecular formula is C11H21ClF2N2. The third-order valence-electron chi connectivity index (χ3n) is 2.57. The van der Waals surface area contributed by atoms with E-state index in [1.807, 2.05) is 0 Å². The van der Waals surface area contributed by atoms with E-state index in [1.54, 1.807) is 13.8 Å². The van der Waals surface area contributed by atoms with Crippen LogP contribution >= 0.6 is 12.4 Å². The SMILES string of the molecule is CC(C)(C#N)CNCC(C)(F)C(C)(C)F.Cl. The molecule has 0 bridgehead atoms. The second-order valence-electron chi connectivity index (χ2n) is 5.27. The lowest BCUT2D eigenvalue weighted by molar-refractivity contribution is -0.000306. The van der Waals surface area contributed by atoms with E-state index in [-0.39, 0.29) is 19.0 Å². The highest BCUT2D eigenvalue weighted by Gasteiger charge is 2.41. The predicted octanol–water partition coefficient (Wildman–Crippen LogP) is 3.02. The highest BCUT2D eigenvalue weighted by Crippen LogP contribution is 2.29. The molecule has 1 unspecified atom stereocenters. The molecule has 96 valence electrons. The molecule has 16 heavy (non-hydrogen) atoms. The van der Waals surface area contributed by atoms with Crippen molar-refractivity contribution in [2.24, 2.45) is 5.41 Å². The van der Waals surface area contributed by atoms with Crippen LogP contribution in [-0.4, -0.2) is 24.4 Å². The van der Waals surface area contributed by atoms with Crippen LogP contribution in [-0.2, 0) is 0 Å². The Morgan fingerprint density at radius 3 is 1.81 bits per heavy atom. The largest absolute Gasteiger partial charge is 0.312 e. The van der Waals surface area contributed by atoms with Crippen LogP contribution in [0.4, 0.5) is 8.78 Å². The average molecular weight is 255 g/mol. The van der Waals surface area contributed by atoms with E-state index in [2.05, 4.69) is 11.4 Å². The maximum Gasteiger partial charge on any atom is 0.153 e. The fourth-order valence-corrected chi connectivity index (χ4v) is 0.859. The van der Waals surface area contributed by atoms with Gasteiger partial charge in [0, 0.05) is 13.1 Å². The smallest absolute Gasteiger partial charge is 0.153 e. The summed E-state index contributed by atoms with van der Waals surface area (Å²) in [5.41, 5.74) is -4.38. The third kappa shape index (κ3) is 5.62. The first-order valence-corrected chi connectivity index (χ1v) is 5.02. The monoisotopic (exact) mass is 254 g/mol. The van der Waals surface area contributed by atoms with Crippen LogP contribution in [0.5, 0.6) is 0 Å². The summed E-state index contributed by atoms with van der Waals surface area (Å²) in [5.74, 6) is 0. The predicted molar refractivity (Wildman–Crippen MR) is 64.2 cm³/mol. The highest BCUT2D eigenvalue weighted by molar-refractivity contribution is 5.85. The first-order valence-electron chi connectivity index (χ1n) is 5.02. The molecule has 0 aromatic carbocycles. The van der Waals surface area contributed by atoms with Gasteiger partial charge in [-0.25, -0.2) is 8.78 Å². The maximum atomic E-state index is 13.8. The molecule has 0 aliphatic carbocycles. The second-order valence-corrected chi connectivity index (χ2v) is 5.27. The summed E-state index contributed by atoms with van der Waals surface area (Å²) in [6.07, 6.45) is 0. The number of nitrogens with zero attached hydrogens (tertiary/aromatic N) is 1. The lowest BCUT2D eigenvalue weighted by atomic mass is 9.90. The zero-order valence-electron chi connectivity index (χ0n) is 10.5. The molecule has 1 atom stereocenters. The molecule has 2 nitrogen and oxygen atoms in total. The van der Waals surface area contributed by atoms with Gasteiger partial charge < -0.3 is 5.32 Å². The lowest BCUT2D eigenvalue weighted by Gasteiger charge is -2.31. The van der Waals surface area contributed by atoms with Crippen LogP contribution in [0.15, 0.2) is 0 Å². The average Bonchev–Trinajstić information content (AvgIpc) is 2.01. The van der Waals surface area contributed by atoms with Gasteiger partial charge >= 0.3 is 0 Å². The maximum absolute atomic E-state index is 13.8. The molecule has 0 radical (unpaired) electrons. The van der Waals surface area contributed by atoms with Crippen molar-refractivity contribution in [3.05, 3.63) is 0 Å². The lowest BCUT2D eigenvalue weighted by Crippen LogP contribution is -2.49. The van der Waals surface area contributed by atoms with Crippen molar-refractivity contribution in [1.29, 1.82) is 5.26 Å². The molecular weight excluding hydrogens is 234 g/mol. The molecule has 0 aliphatic rings. The minimum Gasteiger partial charge on any atom is -0.312 e. The van der Waals surface area contributed by atoms with Gasteiger partial charge in [-0.1, -0.05) is 0 Å². The van der Waals surface area contributed by atoms with Crippen LogP contribution in [0.25, 0.3) is 0 Å². The Balaban J connectivity index is 0. The Morgan fingerprint density at radius 1 is 1.06 bits per heavy atom. The van der Waals surface area contributed by atoms with E-state index in [0.29, 0.717) is 6.54 Å². The molecule has 0 aromatic rings. The van der Waals surface area contributed by atoms with Crippen LogP contribution in [0, 0.1) is 16.7 Å². The zero-order chi connectivity index (χ0) is 12.3. The molecule has 0 spiro atoms. The van der Waals surface area contributed by atoms with Gasteiger partial charge in [-0.15, -0.1) is 12.4 Å². The van der Waals surface area contributed by atoms with Crippen LogP contribution in [0.1, 0.15) is 34.6 Å². The topological polar surface area (TPSA) is 35.8 Å². The first-order chi connectivity index (χ1) is 6.52. The number of hydrogen-bond acceptors (Lipinski definition) is 2. The normalized spacial score (nSPS) is 15.9. The van der Waals surface area contributed by atoms with Crippen LogP contribution in [0.2, 0.25) is 0 Å². The summed E-state index contributed by atoms with van der Waals surface area (Å²) in [7, 11) is 0. The second kappa shape index (κ2) is 5.79. The standard InChI is InChI=1S/C11H20F2N2.ClH/c1-9(2,6-14)7-15-8-11(5,13)10(3,4)12;/h15H,7-8H2,1-5H3;1H. The van der Waals surface area contributed by atoms with Crippen LogP contribution in [0.3, 0.4) is 0 Å². The molecule has 0 saturated heterocycles. The summed E-state index contributed by atoms with van der Waals surface area (Å²) in [4.78, 5) is 0. The summed E-state index contributed by atoms with van der Waals surface area (Å²) in [6.45, 7) is 7.39. The van der Waals surface area contributed by atoms with Gasteiger partial charge in [0.15, 0.2) is 5.67 Å². The quantitative estimate of drug-likeness (QED) is 0.819. The first kappa shape index (κ1) is 18.0. The van der Waals surface area contributed by atoms with Gasteiger partial charge in [-0.05, 0) is 34.6 Å². The molecule has 0 aromatic heterocycles.